The standard InChI is InChI=1S/C15H26N2O2S/c1-11(12-5-6-12)17(9-10-19-2)14(18)15(13(16)20)7-3-4-8-15/h11-12H,3-10H2,1-2H3,(H2,16,20). The molecular weight excluding hydrogens is 272 g/mol. The number of hydrogen-bond acceptors (Lipinski definition) is 3. The van der Waals surface area contributed by atoms with Gasteiger partial charge in [-0.05, 0) is 38.5 Å². The Morgan fingerprint density at radius 3 is 2.50 bits per heavy atom. The van der Waals surface area contributed by atoms with E-state index in [1.165, 1.54) is 12.8 Å². The number of methoxy groups -OCH3 is 1. The predicted molar refractivity (Wildman–Crippen MR) is 83.5 cm³/mol. The lowest BCUT2D eigenvalue weighted by molar-refractivity contribution is -0.141. The van der Waals surface area contributed by atoms with Crippen LogP contribution in [0.15, 0.2) is 0 Å². The number of hydrogen-bond donors (Lipinski definition) is 1. The van der Waals surface area contributed by atoms with Gasteiger partial charge in [-0.25, -0.2) is 0 Å². The smallest absolute Gasteiger partial charge is 0.235 e. The van der Waals surface area contributed by atoms with Crippen LogP contribution in [0, 0.1) is 11.3 Å². The lowest BCUT2D eigenvalue weighted by Gasteiger charge is -2.37. The first-order valence-electron chi connectivity index (χ1n) is 7.63. The van der Waals surface area contributed by atoms with Gasteiger partial charge in [0.15, 0.2) is 0 Å². The van der Waals surface area contributed by atoms with Crippen molar-refractivity contribution in [1.29, 1.82) is 0 Å². The minimum absolute atomic E-state index is 0.138. The van der Waals surface area contributed by atoms with E-state index in [-0.39, 0.29) is 11.9 Å². The van der Waals surface area contributed by atoms with Gasteiger partial charge in [-0.15, -0.1) is 0 Å². The minimum Gasteiger partial charge on any atom is -0.392 e. The quantitative estimate of drug-likeness (QED) is 0.731. The summed E-state index contributed by atoms with van der Waals surface area (Å²) in [6, 6.07) is 0.268. The first kappa shape index (κ1) is 15.7. The molecule has 1 unspecified atom stereocenters. The molecule has 0 radical (unpaired) electrons. The van der Waals surface area contributed by atoms with Gasteiger partial charge in [0.05, 0.1) is 17.0 Å². The summed E-state index contributed by atoms with van der Waals surface area (Å²) < 4.78 is 5.17. The third-order valence-corrected chi connectivity index (χ3v) is 5.32. The molecule has 0 aromatic heterocycles. The summed E-state index contributed by atoms with van der Waals surface area (Å²) in [4.78, 5) is 15.4. The Bertz CT molecular complexity index is 376. The Labute approximate surface area is 127 Å². The normalized spacial score (nSPS) is 22.5. The van der Waals surface area contributed by atoms with Gasteiger partial charge >= 0.3 is 0 Å². The number of nitrogens with zero attached hydrogens (tertiary/aromatic N) is 1. The van der Waals surface area contributed by atoms with Gasteiger partial charge in [-0.2, -0.15) is 0 Å². The Morgan fingerprint density at radius 1 is 1.45 bits per heavy atom. The van der Waals surface area contributed by atoms with Crippen LogP contribution in [0.2, 0.25) is 0 Å². The molecule has 0 aliphatic heterocycles. The van der Waals surface area contributed by atoms with E-state index in [1.807, 2.05) is 4.90 Å². The maximum absolute atomic E-state index is 13.1. The van der Waals surface area contributed by atoms with Crippen LogP contribution in [0.1, 0.15) is 45.4 Å². The van der Waals surface area contributed by atoms with Crippen molar-refractivity contribution in [1.82, 2.24) is 4.90 Å². The van der Waals surface area contributed by atoms with Crippen molar-refractivity contribution in [3.63, 3.8) is 0 Å². The van der Waals surface area contributed by atoms with E-state index in [2.05, 4.69) is 6.92 Å². The number of ether oxygens (including phenoxy) is 1. The van der Waals surface area contributed by atoms with Gasteiger partial charge in [0.1, 0.15) is 0 Å². The van der Waals surface area contributed by atoms with Crippen LogP contribution in [-0.4, -0.2) is 42.1 Å². The number of thiocarbonyl (C=S) groups is 1. The molecule has 1 atom stereocenters. The number of carbonyl (C=O) groups is 1. The van der Waals surface area contributed by atoms with Crippen LogP contribution >= 0.6 is 12.2 Å². The zero-order valence-corrected chi connectivity index (χ0v) is 13.4. The fourth-order valence-corrected chi connectivity index (χ4v) is 3.62. The molecule has 2 aliphatic carbocycles. The van der Waals surface area contributed by atoms with Crippen LogP contribution in [0.4, 0.5) is 0 Å². The summed E-state index contributed by atoms with van der Waals surface area (Å²) in [5, 5.41) is 0. The van der Waals surface area contributed by atoms with E-state index >= 15 is 0 Å². The minimum atomic E-state index is -0.591. The molecule has 1 amide bonds. The highest BCUT2D eigenvalue weighted by molar-refractivity contribution is 7.80. The van der Waals surface area contributed by atoms with Gasteiger partial charge in [0.25, 0.3) is 0 Å². The number of rotatable bonds is 7. The molecule has 2 fully saturated rings. The van der Waals surface area contributed by atoms with E-state index in [0.717, 1.165) is 25.7 Å². The first-order valence-corrected chi connectivity index (χ1v) is 8.03. The maximum atomic E-state index is 13.1. The van der Waals surface area contributed by atoms with E-state index < -0.39 is 5.41 Å². The van der Waals surface area contributed by atoms with Crippen LogP contribution in [0.5, 0.6) is 0 Å². The van der Waals surface area contributed by atoms with E-state index in [0.29, 0.717) is 24.1 Å². The fourth-order valence-electron chi connectivity index (χ4n) is 3.33. The van der Waals surface area contributed by atoms with E-state index in [1.54, 1.807) is 7.11 Å². The molecule has 2 rings (SSSR count). The topological polar surface area (TPSA) is 55.6 Å². The van der Waals surface area contributed by atoms with Crippen molar-refractivity contribution >= 4 is 23.1 Å². The summed E-state index contributed by atoms with van der Waals surface area (Å²) in [5.74, 6) is 0.777. The van der Waals surface area contributed by atoms with Crippen LogP contribution in [-0.2, 0) is 9.53 Å². The Morgan fingerprint density at radius 2 is 2.05 bits per heavy atom. The first-order chi connectivity index (χ1) is 9.53. The fraction of sp³-hybridized carbons (Fsp3) is 0.867. The maximum Gasteiger partial charge on any atom is 0.235 e. The van der Waals surface area contributed by atoms with Crippen LogP contribution in [0.3, 0.4) is 0 Å². The zero-order valence-electron chi connectivity index (χ0n) is 12.6. The number of amides is 1. The summed E-state index contributed by atoms with van der Waals surface area (Å²) in [5.41, 5.74) is 5.35. The molecule has 0 aromatic carbocycles. The highest BCUT2D eigenvalue weighted by Gasteiger charge is 2.48. The molecule has 2 saturated carbocycles. The molecule has 0 heterocycles. The SMILES string of the molecule is COCCN(C(=O)C1(C(N)=S)CCCC1)C(C)C1CC1. The van der Waals surface area contributed by atoms with Crippen molar-refractivity contribution in [2.24, 2.45) is 17.1 Å². The molecule has 114 valence electrons. The van der Waals surface area contributed by atoms with Crippen LogP contribution < -0.4 is 5.73 Å². The Hall–Kier alpha value is -0.680. The van der Waals surface area contributed by atoms with Crippen LogP contribution in [0.25, 0.3) is 0 Å². The van der Waals surface area contributed by atoms with Crippen molar-refractivity contribution < 1.29 is 9.53 Å². The van der Waals surface area contributed by atoms with Gasteiger partial charge < -0.3 is 15.4 Å². The Balaban J connectivity index is 2.17. The highest BCUT2D eigenvalue weighted by Crippen LogP contribution is 2.42. The summed E-state index contributed by atoms with van der Waals surface area (Å²) in [7, 11) is 1.67. The molecular formula is C15H26N2O2S. The lowest BCUT2D eigenvalue weighted by atomic mass is 9.83. The average Bonchev–Trinajstić information content (AvgIpc) is 3.15. The monoisotopic (exact) mass is 298 g/mol. The van der Waals surface area contributed by atoms with E-state index in [4.69, 9.17) is 22.7 Å². The summed E-state index contributed by atoms with van der Waals surface area (Å²) >= 11 is 5.24. The second-order valence-corrected chi connectivity index (χ2v) is 6.66. The molecule has 2 N–H and O–H groups in total. The molecule has 4 nitrogen and oxygen atoms in total. The largest absolute Gasteiger partial charge is 0.392 e. The summed E-state index contributed by atoms with van der Waals surface area (Å²) in [6.45, 7) is 3.35. The Kier molecular flexibility index (Phi) is 5.02. The average molecular weight is 298 g/mol. The number of carbonyl (C=O) groups excluding carboxylic acids is 1. The third-order valence-electron chi connectivity index (χ3n) is 4.93. The zero-order chi connectivity index (χ0) is 14.8. The third kappa shape index (κ3) is 2.98. The molecule has 0 aromatic rings. The lowest BCUT2D eigenvalue weighted by Crippen LogP contribution is -2.53. The van der Waals surface area contributed by atoms with E-state index in [9.17, 15) is 4.79 Å². The predicted octanol–water partition coefficient (Wildman–Crippen LogP) is 2.11. The van der Waals surface area contributed by atoms with Crippen molar-refractivity contribution in [3.8, 4) is 0 Å². The molecule has 0 bridgehead atoms. The van der Waals surface area contributed by atoms with Crippen molar-refractivity contribution in [2.75, 3.05) is 20.3 Å². The molecule has 2 aliphatic rings. The second kappa shape index (κ2) is 6.39. The van der Waals surface area contributed by atoms with Gasteiger partial charge in [0, 0.05) is 19.7 Å². The second-order valence-electron chi connectivity index (χ2n) is 6.22. The van der Waals surface area contributed by atoms with Gasteiger partial charge in [0.2, 0.25) is 5.91 Å². The van der Waals surface area contributed by atoms with Gasteiger partial charge in [-0.1, -0.05) is 25.1 Å². The van der Waals surface area contributed by atoms with Crippen molar-refractivity contribution in [2.45, 2.75) is 51.5 Å². The number of nitrogens with two attached hydrogens (primary N) is 1. The van der Waals surface area contributed by atoms with Crippen molar-refractivity contribution in [3.05, 3.63) is 0 Å². The highest BCUT2D eigenvalue weighted by atomic mass is 32.1. The molecule has 20 heavy (non-hydrogen) atoms. The molecule has 5 heteroatoms. The molecule has 0 spiro atoms. The molecule has 0 saturated heterocycles. The summed E-state index contributed by atoms with van der Waals surface area (Å²) in [6.07, 6.45) is 6.14. The van der Waals surface area contributed by atoms with Gasteiger partial charge in [-0.3, -0.25) is 4.79 Å².